The largest absolute Gasteiger partial charge is 0.313 e. The SMILES string of the molecule is CNC(C)c1ccc(SCc2ccc(Cl)cc2Cl)cc1. The van der Waals surface area contributed by atoms with Crippen LogP contribution in [0.1, 0.15) is 24.1 Å². The first-order valence-electron chi connectivity index (χ1n) is 6.44. The van der Waals surface area contributed by atoms with Crippen LogP contribution in [0, 0.1) is 0 Å². The van der Waals surface area contributed by atoms with Crippen LogP contribution >= 0.6 is 35.0 Å². The van der Waals surface area contributed by atoms with E-state index in [0.717, 1.165) is 16.3 Å². The van der Waals surface area contributed by atoms with Crippen molar-refractivity contribution in [1.82, 2.24) is 5.32 Å². The Morgan fingerprint density at radius 2 is 1.80 bits per heavy atom. The van der Waals surface area contributed by atoms with E-state index in [-0.39, 0.29) is 0 Å². The van der Waals surface area contributed by atoms with Crippen molar-refractivity contribution in [3.8, 4) is 0 Å². The first-order chi connectivity index (χ1) is 9.60. The highest BCUT2D eigenvalue weighted by Crippen LogP contribution is 2.29. The van der Waals surface area contributed by atoms with Gasteiger partial charge >= 0.3 is 0 Å². The van der Waals surface area contributed by atoms with Crippen LogP contribution < -0.4 is 5.32 Å². The van der Waals surface area contributed by atoms with Crippen molar-refractivity contribution in [3.05, 3.63) is 63.6 Å². The van der Waals surface area contributed by atoms with Gasteiger partial charge in [-0.2, -0.15) is 0 Å². The monoisotopic (exact) mass is 325 g/mol. The zero-order valence-electron chi connectivity index (χ0n) is 11.5. The van der Waals surface area contributed by atoms with Crippen molar-refractivity contribution in [2.45, 2.75) is 23.6 Å². The van der Waals surface area contributed by atoms with E-state index in [1.54, 1.807) is 17.8 Å². The van der Waals surface area contributed by atoms with Crippen molar-refractivity contribution in [2.24, 2.45) is 0 Å². The lowest BCUT2D eigenvalue weighted by Crippen LogP contribution is -2.11. The molecule has 2 rings (SSSR count). The molecule has 106 valence electrons. The lowest BCUT2D eigenvalue weighted by atomic mass is 10.1. The van der Waals surface area contributed by atoms with E-state index < -0.39 is 0 Å². The number of thioether (sulfide) groups is 1. The van der Waals surface area contributed by atoms with Gasteiger partial charge in [0.05, 0.1) is 0 Å². The number of nitrogens with one attached hydrogen (secondary N) is 1. The van der Waals surface area contributed by atoms with Crippen LogP contribution in [0.25, 0.3) is 0 Å². The molecular weight excluding hydrogens is 309 g/mol. The molecule has 0 radical (unpaired) electrons. The van der Waals surface area contributed by atoms with Gasteiger partial charge in [-0.15, -0.1) is 11.8 Å². The van der Waals surface area contributed by atoms with Crippen LogP contribution in [-0.2, 0) is 5.75 Å². The van der Waals surface area contributed by atoms with E-state index in [0.29, 0.717) is 11.1 Å². The maximum Gasteiger partial charge on any atom is 0.0461 e. The van der Waals surface area contributed by atoms with Crippen molar-refractivity contribution in [3.63, 3.8) is 0 Å². The molecule has 4 heteroatoms. The summed E-state index contributed by atoms with van der Waals surface area (Å²) in [6, 6.07) is 14.6. The van der Waals surface area contributed by atoms with E-state index in [2.05, 4.69) is 36.5 Å². The normalized spacial score (nSPS) is 12.4. The zero-order chi connectivity index (χ0) is 14.5. The molecule has 20 heavy (non-hydrogen) atoms. The standard InChI is InChI=1S/C16H17Cl2NS/c1-11(19-2)12-4-7-15(8-5-12)20-10-13-3-6-14(17)9-16(13)18/h3-9,11,19H,10H2,1-2H3. The van der Waals surface area contributed by atoms with Crippen LogP contribution in [-0.4, -0.2) is 7.05 Å². The first kappa shape index (κ1) is 15.7. The molecule has 1 nitrogen and oxygen atoms in total. The molecule has 0 aromatic heterocycles. The fraction of sp³-hybridized carbons (Fsp3) is 0.250. The molecule has 0 fully saturated rings. The highest BCUT2D eigenvalue weighted by molar-refractivity contribution is 7.98. The predicted octanol–water partition coefficient (Wildman–Crippen LogP) is 5.57. The average molecular weight is 326 g/mol. The molecule has 0 amide bonds. The zero-order valence-corrected chi connectivity index (χ0v) is 13.8. The van der Waals surface area contributed by atoms with Crippen molar-refractivity contribution in [1.29, 1.82) is 0 Å². The second kappa shape index (κ2) is 7.37. The first-order valence-corrected chi connectivity index (χ1v) is 8.18. The van der Waals surface area contributed by atoms with Crippen LogP contribution in [0.2, 0.25) is 10.0 Å². The minimum atomic E-state index is 0.375. The molecule has 0 saturated heterocycles. The lowest BCUT2D eigenvalue weighted by Gasteiger charge is -2.11. The van der Waals surface area contributed by atoms with E-state index in [9.17, 15) is 0 Å². The van der Waals surface area contributed by atoms with Crippen LogP contribution in [0.3, 0.4) is 0 Å². The predicted molar refractivity (Wildman–Crippen MR) is 89.9 cm³/mol. The van der Waals surface area contributed by atoms with E-state index in [4.69, 9.17) is 23.2 Å². The smallest absolute Gasteiger partial charge is 0.0461 e. The van der Waals surface area contributed by atoms with Gasteiger partial charge in [0.25, 0.3) is 0 Å². The van der Waals surface area contributed by atoms with Crippen molar-refractivity contribution in [2.75, 3.05) is 7.05 Å². The van der Waals surface area contributed by atoms with Crippen LogP contribution in [0.4, 0.5) is 0 Å². The molecule has 1 N–H and O–H groups in total. The topological polar surface area (TPSA) is 12.0 Å². The Morgan fingerprint density at radius 3 is 2.40 bits per heavy atom. The summed E-state index contributed by atoms with van der Waals surface area (Å²) in [5, 5.41) is 4.64. The van der Waals surface area contributed by atoms with Gasteiger partial charge in [0.1, 0.15) is 0 Å². The third-order valence-corrected chi connectivity index (χ3v) is 4.87. The summed E-state index contributed by atoms with van der Waals surface area (Å²) in [4.78, 5) is 1.24. The summed E-state index contributed by atoms with van der Waals surface area (Å²) in [7, 11) is 1.97. The number of benzene rings is 2. The molecule has 0 aliphatic carbocycles. The molecule has 2 aromatic carbocycles. The fourth-order valence-corrected chi connectivity index (χ4v) is 3.28. The van der Waals surface area contributed by atoms with Gasteiger partial charge in [-0.05, 0) is 49.4 Å². The second-order valence-electron chi connectivity index (χ2n) is 4.60. The second-order valence-corrected chi connectivity index (χ2v) is 6.50. The minimum absolute atomic E-state index is 0.375. The van der Waals surface area contributed by atoms with E-state index in [1.165, 1.54) is 10.5 Å². The third kappa shape index (κ3) is 4.16. The van der Waals surface area contributed by atoms with Gasteiger partial charge in [-0.25, -0.2) is 0 Å². The molecule has 1 atom stereocenters. The van der Waals surface area contributed by atoms with Gasteiger partial charge in [0.15, 0.2) is 0 Å². The van der Waals surface area contributed by atoms with E-state index in [1.807, 2.05) is 19.2 Å². The molecule has 2 aromatic rings. The molecule has 0 heterocycles. The summed E-state index contributed by atoms with van der Waals surface area (Å²) < 4.78 is 0. The summed E-state index contributed by atoms with van der Waals surface area (Å²) in [5.41, 5.74) is 2.40. The molecular formula is C16H17Cl2NS. The van der Waals surface area contributed by atoms with Crippen molar-refractivity contribution < 1.29 is 0 Å². The number of hydrogen-bond donors (Lipinski definition) is 1. The van der Waals surface area contributed by atoms with Gasteiger partial charge in [-0.1, -0.05) is 41.4 Å². The summed E-state index contributed by atoms with van der Waals surface area (Å²) >= 11 is 13.8. The summed E-state index contributed by atoms with van der Waals surface area (Å²) in [6.45, 7) is 2.15. The molecule has 0 bridgehead atoms. The molecule has 0 aliphatic rings. The molecule has 1 unspecified atom stereocenters. The van der Waals surface area contributed by atoms with Gasteiger partial charge in [0, 0.05) is 26.7 Å². The summed E-state index contributed by atoms with van der Waals surface area (Å²) in [5.74, 6) is 0.844. The third-order valence-electron chi connectivity index (χ3n) is 3.22. The van der Waals surface area contributed by atoms with Gasteiger partial charge < -0.3 is 5.32 Å². The Kier molecular flexibility index (Phi) is 5.79. The maximum absolute atomic E-state index is 6.18. The highest BCUT2D eigenvalue weighted by atomic mass is 35.5. The number of rotatable bonds is 5. The molecule has 0 spiro atoms. The van der Waals surface area contributed by atoms with Crippen LogP contribution in [0.15, 0.2) is 47.4 Å². The van der Waals surface area contributed by atoms with Crippen molar-refractivity contribution >= 4 is 35.0 Å². The lowest BCUT2D eigenvalue weighted by molar-refractivity contribution is 0.652. The van der Waals surface area contributed by atoms with Gasteiger partial charge in [0.2, 0.25) is 0 Å². The quantitative estimate of drug-likeness (QED) is 0.721. The fourth-order valence-electron chi connectivity index (χ4n) is 1.82. The number of hydrogen-bond acceptors (Lipinski definition) is 2. The average Bonchev–Trinajstić information content (AvgIpc) is 2.46. The van der Waals surface area contributed by atoms with Crippen LogP contribution in [0.5, 0.6) is 0 Å². The maximum atomic E-state index is 6.18. The molecule has 0 aliphatic heterocycles. The Bertz CT molecular complexity index is 569. The van der Waals surface area contributed by atoms with E-state index >= 15 is 0 Å². The van der Waals surface area contributed by atoms with Gasteiger partial charge in [-0.3, -0.25) is 0 Å². The number of halogens is 2. The Hall–Kier alpha value is -0.670. The Labute approximate surface area is 134 Å². The molecule has 0 saturated carbocycles. The Balaban J connectivity index is 2.00. The summed E-state index contributed by atoms with van der Waals surface area (Å²) in [6.07, 6.45) is 0. The Morgan fingerprint density at radius 1 is 1.10 bits per heavy atom. The minimum Gasteiger partial charge on any atom is -0.313 e. The highest BCUT2D eigenvalue weighted by Gasteiger charge is 2.04.